The van der Waals surface area contributed by atoms with Crippen LogP contribution in [0.1, 0.15) is 37.3 Å². The van der Waals surface area contributed by atoms with Crippen LogP contribution in [0.5, 0.6) is 0 Å². The maximum atomic E-state index is 13.0. The number of morpholine rings is 1. The van der Waals surface area contributed by atoms with E-state index in [1.54, 1.807) is 0 Å². The lowest BCUT2D eigenvalue weighted by molar-refractivity contribution is -0.137. The van der Waals surface area contributed by atoms with E-state index >= 15 is 0 Å². The van der Waals surface area contributed by atoms with Gasteiger partial charge in [0.25, 0.3) is 0 Å². The lowest BCUT2D eigenvalue weighted by Crippen LogP contribution is -2.45. The maximum Gasteiger partial charge on any atom is 0.416 e. The number of benzene rings is 2. The summed E-state index contributed by atoms with van der Waals surface area (Å²) in [7, 11) is 0. The van der Waals surface area contributed by atoms with Gasteiger partial charge in [0.05, 0.1) is 35.7 Å². The Balaban J connectivity index is 1.19. The Hall–Kier alpha value is -4.23. The second kappa shape index (κ2) is 10.6. The van der Waals surface area contributed by atoms with Crippen molar-refractivity contribution in [2.45, 2.75) is 43.9 Å². The average molecular weight is 578 g/mol. The van der Waals surface area contributed by atoms with Crippen molar-refractivity contribution < 1.29 is 17.9 Å². The number of H-pyrrole nitrogens is 1. The number of nitrogen functional groups attached to an aromatic ring is 1. The average Bonchev–Trinajstić information content (AvgIpc) is 3.60. The van der Waals surface area contributed by atoms with Gasteiger partial charge in [0, 0.05) is 35.8 Å². The highest BCUT2D eigenvalue weighted by atomic mass is 19.4. The number of ether oxygens (including phenoxy) is 1. The zero-order valence-corrected chi connectivity index (χ0v) is 22.7. The van der Waals surface area contributed by atoms with Gasteiger partial charge < -0.3 is 15.8 Å². The zero-order chi connectivity index (χ0) is 28.8. The van der Waals surface area contributed by atoms with E-state index < -0.39 is 11.7 Å². The summed E-state index contributed by atoms with van der Waals surface area (Å²) in [6.07, 6.45) is 1.23. The van der Waals surface area contributed by atoms with Crippen LogP contribution in [0.3, 0.4) is 0 Å². The number of halogens is 3. The van der Waals surface area contributed by atoms with E-state index in [9.17, 15) is 13.2 Å². The molecule has 1 saturated heterocycles. The highest BCUT2D eigenvalue weighted by Gasteiger charge is 2.31. The van der Waals surface area contributed by atoms with Gasteiger partial charge in [-0.1, -0.05) is 6.07 Å². The van der Waals surface area contributed by atoms with Crippen molar-refractivity contribution in [2.24, 2.45) is 0 Å². The molecule has 7 rings (SSSR count). The number of nitrogens with zero attached hydrogens (tertiary/aromatic N) is 6. The molecule has 0 bridgehead atoms. The van der Waals surface area contributed by atoms with Gasteiger partial charge in [-0.2, -0.15) is 23.4 Å². The van der Waals surface area contributed by atoms with E-state index in [0.29, 0.717) is 40.1 Å². The van der Waals surface area contributed by atoms with E-state index in [-0.39, 0.29) is 6.04 Å². The largest absolute Gasteiger partial charge is 0.416 e. The third kappa shape index (κ3) is 4.92. The molecular weight excluding hydrogens is 547 g/mol. The number of alkyl halides is 3. The van der Waals surface area contributed by atoms with Gasteiger partial charge in [-0.15, -0.1) is 0 Å². The summed E-state index contributed by atoms with van der Waals surface area (Å²) in [4.78, 5) is 11.4. The molecule has 13 heteroatoms. The molecule has 3 aromatic heterocycles. The lowest BCUT2D eigenvalue weighted by atomic mass is 9.90. The Morgan fingerprint density at radius 1 is 0.952 bits per heavy atom. The summed E-state index contributed by atoms with van der Waals surface area (Å²) in [5.74, 6) is 0.847. The van der Waals surface area contributed by atoms with Crippen molar-refractivity contribution in [3.63, 3.8) is 0 Å². The van der Waals surface area contributed by atoms with Crippen LogP contribution >= 0.6 is 0 Å². The van der Waals surface area contributed by atoms with Gasteiger partial charge in [0.2, 0.25) is 0 Å². The number of fused-ring (bicyclic) bond motifs is 2. The summed E-state index contributed by atoms with van der Waals surface area (Å²) < 4.78 is 46.5. The van der Waals surface area contributed by atoms with Crippen LogP contribution in [0.15, 0.2) is 48.8 Å². The maximum absolute atomic E-state index is 13.0. The quantitative estimate of drug-likeness (QED) is 0.249. The number of rotatable bonds is 5. The van der Waals surface area contributed by atoms with Crippen LogP contribution in [0.25, 0.3) is 33.2 Å². The van der Waals surface area contributed by atoms with Gasteiger partial charge in [-0.3, -0.25) is 10.00 Å². The van der Waals surface area contributed by atoms with Crippen LogP contribution in [0.2, 0.25) is 0 Å². The van der Waals surface area contributed by atoms with Gasteiger partial charge in [-0.25, -0.2) is 14.6 Å². The monoisotopic (exact) mass is 577 g/mol. The number of aromatic nitrogens is 6. The Morgan fingerprint density at radius 2 is 1.69 bits per heavy atom. The Labute approximate surface area is 239 Å². The minimum absolute atomic E-state index is 0.197. The summed E-state index contributed by atoms with van der Waals surface area (Å²) in [5, 5.41) is 17.0. The van der Waals surface area contributed by atoms with Crippen LogP contribution < -0.4 is 11.1 Å². The summed E-state index contributed by atoms with van der Waals surface area (Å²) in [6.45, 7) is 3.57. The van der Waals surface area contributed by atoms with E-state index in [4.69, 9.17) is 15.6 Å². The van der Waals surface area contributed by atoms with Crippen molar-refractivity contribution >= 4 is 39.3 Å². The molecule has 0 atom stereocenters. The molecule has 10 nitrogen and oxygen atoms in total. The second-order valence-electron chi connectivity index (χ2n) is 10.9. The molecule has 2 aliphatic rings. The molecule has 42 heavy (non-hydrogen) atoms. The number of aromatic amines is 1. The third-order valence-electron chi connectivity index (χ3n) is 8.40. The molecule has 0 radical (unpaired) electrons. The molecule has 0 spiro atoms. The normalized spacial score (nSPS) is 20.4. The predicted molar refractivity (Wildman–Crippen MR) is 153 cm³/mol. The number of nitrogens with two attached hydrogens (primary N) is 1. The zero-order valence-electron chi connectivity index (χ0n) is 22.7. The van der Waals surface area contributed by atoms with Crippen molar-refractivity contribution in [3.05, 3.63) is 54.4 Å². The van der Waals surface area contributed by atoms with E-state index in [0.717, 1.165) is 80.6 Å². The molecule has 1 saturated carbocycles. The smallest absolute Gasteiger partial charge is 0.383 e. The Morgan fingerprint density at radius 3 is 2.43 bits per heavy atom. The van der Waals surface area contributed by atoms with Crippen molar-refractivity contribution in [2.75, 3.05) is 37.4 Å². The molecule has 0 unspecified atom stereocenters. The van der Waals surface area contributed by atoms with Crippen molar-refractivity contribution in [3.8, 4) is 11.3 Å². The summed E-state index contributed by atoms with van der Waals surface area (Å²) in [6, 6.07) is 11.4. The SMILES string of the molecule is Nc1ncnc2c1c(-c1ccc3[nH]nc(Nc4ccc(C(F)(F)F)cc4)c3c1)nn2[C@H]1CC[C@H](N2CCOCC2)CC1. The standard InChI is InChI=1S/C29H30F3N9O/c30-29(31,32)18-2-4-19(5-3-18)36-27-22-15-17(1-10-23(22)37-38-27)25-24-26(33)34-16-35-28(24)41(39-25)21-8-6-20(7-9-21)40-11-13-42-14-12-40/h1-5,10,15-16,20-21H,6-9,11-14H2,(H2,33,34,35)(H2,36,37,38)/t20-,21-. The number of hydrogen-bond acceptors (Lipinski definition) is 8. The molecule has 2 aromatic carbocycles. The van der Waals surface area contributed by atoms with Crippen LogP contribution in [-0.4, -0.2) is 67.2 Å². The van der Waals surface area contributed by atoms with Gasteiger partial charge in [-0.05, 0) is 62.1 Å². The van der Waals surface area contributed by atoms with Crippen LogP contribution in [0.4, 0.5) is 30.5 Å². The molecule has 4 heterocycles. The molecule has 1 aliphatic heterocycles. The Bertz CT molecular complexity index is 1720. The number of nitrogens with one attached hydrogen (secondary N) is 2. The minimum Gasteiger partial charge on any atom is -0.383 e. The second-order valence-corrected chi connectivity index (χ2v) is 10.9. The Kier molecular flexibility index (Phi) is 6.70. The van der Waals surface area contributed by atoms with Gasteiger partial charge in [0.15, 0.2) is 11.5 Å². The topological polar surface area (TPSA) is 123 Å². The van der Waals surface area contributed by atoms with Crippen molar-refractivity contribution in [1.29, 1.82) is 0 Å². The first-order valence-electron chi connectivity index (χ1n) is 14.1. The number of anilines is 3. The third-order valence-corrected chi connectivity index (χ3v) is 8.40. The van der Waals surface area contributed by atoms with Crippen LogP contribution in [0, 0.1) is 0 Å². The van der Waals surface area contributed by atoms with Gasteiger partial charge in [0.1, 0.15) is 17.8 Å². The summed E-state index contributed by atoms with van der Waals surface area (Å²) >= 11 is 0. The van der Waals surface area contributed by atoms with Gasteiger partial charge >= 0.3 is 6.18 Å². The molecule has 1 aliphatic carbocycles. The fourth-order valence-electron chi connectivity index (χ4n) is 6.20. The highest BCUT2D eigenvalue weighted by molar-refractivity contribution is 6.01. The number of hydrogen-bond donors (Lipinski definition) is 3. The first-order chi connectivity index (χ1) is 20.3. The molecule has 5 aromatic rings. The van der Waals surface area contributed by atoms with E-state index in [2.05, 4.69) is 30.4 Å². The fourth-order valence-corrected chi connectivity index (χ4v) is 6.20. The first-order valence-corrected chi connectivity index (χ1v) is 14.1. The van der Waals surface area contributed by atoms with Crippen molar-refractivity contribution in [1.82, 2.24) is 34.8 Å². The molecule has 218 valence electrons. The van der Waals surface area contributed by atoms with Crippen LogP contribution in [-0.2, 0) is 10.9 Å². The van der Waals surface area contributed by atoms with E-state index in [1.807, 2.05) is 22.9 Å². The molecule has 4 N–H and O–H groups in total. The minimum atomic E-state index is -4.40. The molecular formula is C29H30F3N9O. The predicted octanol–water partition coefficient (Wildman–Crippen LogP) is 5.53. The fraction of sp³-hybridized carbons (Fsp3) is 0.379. The first kappa shape index (κ1) is 26.7. The lowest BCUT2D eigenvalue weighted by Gasteiger charge is -2.38. The molecule has 0 amide bonds. The summed E-state index contributed by atoms with van der Waals surface area (Å²) in [5.41, 5.74) is 9.14. The molecule has 2 fully saturated rings. The van der Waals surface area contributed by atoms with E-state index in [1.165, 1.54) is 18.5 Å². The highest BCUT2D eigenvalue weighted by Crippen LogP contribution is 2.38.